The average Bonchev–Trinajstić information content (AvgIpc) is 3.25. The van der Waals surface area contributed by atoms with E-state index >= 15 is 0 Å². The largest absolute Gasteiger partial charge is 0.497 e. The molecule has 2 aromatic heterocycles. The van der Waals surface area contributed by atoms with Crippen LogP contribution in [0.1, 0.15) is 22.2 Å². The van der Waals surface area contributed by atoms with Crippen LogP contribution in [0.15, 0.2) is 46.3 Å². The van der Waals surface area contributed by atoms with Crippen molar-refractivity contribution in [1.82, 2.24) is 15.0 Å². The highest BCUT2D eigenvalue weighted by atomic mass is 32.1. The summed E-state index contributed by atoms with van der Waals surface area (Å²) < 4.78 is 10.5. The summed E-state index contributed by atoms with van der Waals surface area (Å²) in [7, 11) is 1.60. The molecule has 0 unspecified atom stereocenters. The second kappa shape index (κ2) is 6.09. The van der Waals surface area contributed by atoms with Crippen LogP contribution in [-0.2, 0) is 0 Å². The topological polar surface area (TPSA) is 68.5 Å². The molecule has 0 aliphatic carbocycles. The first-order valence-corrected chi connectivity index (χ1v) is 8.43. The van der Waals surface area contributed by atoms with Gasteiger partial charge in [-0.25, -0.2) is 0 Å². The van der Waals surface area contributed by atoms with Gasteiger partial charge in [-0.2, -0.15) is 4.98 Å². The maximum Gasteiger partial charge on any atom is 0.253 e. The first-order valence-electron chi connectivity index (χ1n) is 7.55. The highest BCUT2D eigenvalue weighted by Gasteiger charge is 2.36. The summed E-state index contributed by atoms with van der Waals surface area (Å²) in [6, 6.07) is 11.0. The molecule has 1 aliphatic heterocycles. The van der Waals surface area contributed by atoms with Gasteiger partial charge >= 0.3 is 0 Å². The van der Waals surface area contributed by atoms with Gasteiger partial charge < -0.3 is 14.2 Å². The lowest BCUT2D eigenvalue weighted by Crippen LogP contribution is -2.48. The third-order valence-electron chi connectivity index (χ3n) is 4.04. The van der Waals surface area contributed by atoms with Gasteiger partial charge in [0.2, 0.25) is 11.7 Å². The van der Waals surface area contributed by atoms with Crippen LogP contribution in [0.4, 0.5) is 0 Å². The van der Waals surface area contributed by atoms with Crippen LogP contribution >= 0.6 is 11.3 Å². The van der Waals surface area contributed by atoms with Crippen molar-refractivity contribution in [2.75, 3.05) is 20.2 Å². The molecule has 0 bridgehead atoms. The third kappa shape index (κ3) is 2.67. The van der Waals surface area contributed by atoms with Gasteiger partial charge in [-0.3, -0.25) is 4.79 Å². The molecule has 1 aliphatic rings. The lowest BCUT2D eigenvalue weighted by Gasteiger charge is -2.37. The van der Waals surface area contributed by atoms with Crippen molar-refractivity contribution in [2.24, 2.45) is 0 Å². The summed E-state index contributed by atoms with van der Waals surface area (Å²) >= 11 is 1.57. The van der Waals surface area contributed by atoms with E-state index in [9.17, 15) is 4.79 Å². The Morgan fingerprint density at radius 2 is 2.08 bits per heavy atom. The Balaban J connectivity index is 1.40. The Morgan fingerprint density at radius 3 is 2.75 bits per heavy atom. The van der Waals surface area contributed by atoms with E-state index in [2.05, 4.69) is 10.1 Å². The van der Waals surface area contributed by atoms with Crippen LogP contribution in [0.25, 0.3) is 10.7 Å². The van der Waals surface area contributed by atoms with E-state index in [1.807, 2.05) is 17.5 Å². The number of carbonyl (C=O) groups excluding carboxylic acids is 1. The number of ether oxygens (including phenoxy) is 1. The summed E-state index contributed by atoms with van der Waals surface area (Å²) in [6.45, 7) is 1.19. The Bertz CT molecular complexity index is 836. The molecule has 3 heterocycles. The number of hydrogen-bond donors (Lipinski definition) is 0. The minimum Gasteiger partial charge on any atom is -0.497 e. The van der Waals surface area contributed by atoms with E-state index in [4.69, 9.17) is 9.26 Å². The number of thiophene rings is 1. The highest BCUT2D eigenvalue weighted by Crippen LogP contribution is 2.30. The maximum atomic E-state index is 12.4. The smallest absolute Gasteiger partial charge is 0.253 e. The van der Waals surface area contributed by atoms with Crippen LogP contribution in [0.5, 0.6) is 5.75 Å². The molecule has 0 radical (unpaired) electrons. The van der Waals surface area contributed by atoms with Gasteiger partial charge in [0, 0.05) is 18.7 Å². The van der Waals surface area contributed by atoms with Gasteiger partial charge in [-0.15, -0.1) is 11.3 Å². The Kier molecular flexibility index (Phi) is 3.78. The third-order valence-corrected chi connectivity index (χ3v) is 4.90. The van der Waals surface area contributed by atoms with Crippen LogP contribution in [0.3, 0.4) is 0 Å². The van der Waals surface area contributed by atoms with Crippen molar-refractivity contribution in [2.45, 2.75) is 5.92 Å². The molecular weight excluding hydrogens is 326 g/mol. The number of methoxy groups -OCH3 is 1. The molecule has 1 amide bonds. The fourth-order valence-corrected chi connectivity index (χ4v) is 3.27. The predicted molar refractivity (Wildman–Crippen MR) is 89.2 cm³/mol. The molecule has 1 fully saturated rings. The number of rotatable bonds is 4. The van der Waals surface area contributed by atoms with Gasteiger partial charge in [-0.1, -0.05) is 11.2 Å². The van der Waals surface area contributed by atoms with Crippen molar-refractivity contribution in [1.29, 1.82) is 0 Å². The van der Waals surface area contributed by atoms with Crippen molar-refractivity contribution in [3.63, 3.8) is 0 Å². The number of likely N-dealkylation sites (tertiary alicyclic amines) is 1. The SMILES string of the molecule is COc1ccc(C(=O)N2CC(c3nc(-c4cccs4)no3)C2)cc1. The summed E-state index contributed by atoms with van der Waals surface area (Å²) in [5.74, 6) is 2.05. The van der Waals surface area contributed by atoms with Crippen molar-refractivity contribution in [3.05, 3.63) is 53.2 Å². The fraction of sp³-hybridized carbons (Fsp3) is 0.235. The minimum absolute atomic E-state index is 0.00639. The molecule has 1 saturated heterocycles. The second-order valence-electron chi connectivity index (χ2n) is 5.57. The zero-order valence-corrected chi connectivity index (χ0v) is 13.8. The monoisotopic (exact) mass is 341 g/mol. The van der Waals surface area contributed by atoms with Gasteiger partial charge in [-0.05, 0) is 35.7 Å². The summed E-state index contributed by atoms with van der Waals surface area (Å²) in [5.41, 5.74) is 0.652. The lowest BCUT2D eigenvalue weighted by molar-refractivity contribution is 0.0569. The van der Waals surface area contributed by atoms with E-state index in [0.29, 0.717) is 30.4 Å². The molecule has 122 valence electrons. The normalized spacial score (nSPS) is 14.5. The number of benzene rings is 1. The van der Waals surface area contributed by atoms with Gasteiger partial charge in [0.15, 0.2) is 0 Å². The Morgan fingerprint density at radius 1 is 1.29 bits per heavy atom. The van der Waals surface area contributed by atoms with Crippen LogP contribution in [-0.4, -0.2) is 41.1 Å². The molecule has 0 N–H and O–H groups in total. The molecule has 0 spiro atoms. The predicted octanol–water partition coefficient (Wildman–Crippen LogP) is 3.05. The van der Waals surface area contributed by atoms with Crippen LogP contribution in [0, 0.1) is 0 Å². The molecule has 0 atom stereocenters. The van der Waals surface area contributed by atoms with E-state index in [-0.39, 0.29) is 11.8 Å². The molecule has 24 heavy (non-hydrogen) atoms. The quantitative estimate of drug-likeness (QED) is 0.729. The van der Waals surface area contributed by atoms with Crippen LogP contribution in [0.2, 0.25) is 0 Å². The van der Waals surface area contributed by atoms with Gasteiger partial charge in [0.05, 0.1) is 17.9 Å². The molecule has 0 saturated carbocycles. The minimum atomic E-state index is 0.00639. The number of hydrogen-bond acceptors (Lipinski definition) is 6. The first kappa shape index (κ1) is 14.9. The van der Waals surface area contributed by atoms with Gasteiger partial charge in [0.25, 0.3) is 5.91 Å². The molecule has 4 rings (SSSR count). The molecular formula is C17H15N3O3S. The molecule has 7 heteroatoms. The van der Waals surface area contributed by atoms with E-state index in [1.165, 1.54) is 0 Å². The van der Waals surface area contributed by atoms with Gasteiger partial charge in [0.1, 0.15) is 5.75 Å². The Labute approximate surface area is 142 Å². The summed E-state index contributed by atoms with van der Waals surface area (Å²) in [5, 5.41) is 5.99. The second-order valence-corrected chi connectivity index (χ2v) is 6.52. The number of carbonyl (C=O) groups is 1. The zero-order valence-electron chi connectivity index (χ0n) is 13.0. The van der Waals surface area contributed by atoms with E-state index in [0.717, 1.165) is 10.6 Å². The maximum absolute atomic E-state index is 12.4. The average molecular weight is 341 g/mol. The number of aromatic nitrogens is 2. The van der Waals surface area contributed by atoms with Crippen molar-refractivity contribution >= 4 is 17.2 Å². The highest BCUT2D eigenvalue weighted by molar-refractivity contribution is 7.13. The van der Waals surface area contributed by atoms with E-state index in [1.54, 1.807) is 47.6 Å². The van der Waals surface area contributed by atoms with Crippen molar-refractivity contribution in [3.8, 4) is 16.5 Å². The molecule has 3 aromatic rings. The summed E-state index contributed by atoms with van der Waals surface area (Å²) in [4.78, 5) is 19.6. The lowest BCUT2D eigenvalue weighted by atomic mass is 9.99. The summed E-state index contributed by atoms with van der Waals surface area (Å²) in [6.07, 6.45) is 0. The molecule has 6 nitrogen and oxygen atoms in total. The van der Waals surface area contributed by atoms with E-state index < -0.39 is 0 Å². The van der Waals surface area contributed by atoms with Crippen molar-refractivity contribution < 1.29 is 14.1 Å². The molecule has 1 aromatic carbocycles. The number of nitrogens with zero attached hydrogens (tertiary/aromatic N) is 3. The fourth-order valence-electron chi connectivity index (χ4n) is 2.62. The van der Waals surface area contributed by atoms with Crippen LogP contribution < -0.4 is 4.74 Å². The standard InChI is InChI=1S/C17H15N3O3S/c1-22-13-6-4-11(5-7-13)17(21)20-9-12(10-20)16-18-15(19-23-16)14-3-2-8-24-14/h2-8,12H,9-10H2,1H3. The Hall–Kier alpha value is -2.67. The zero-order chi connectivity index (χ0) is 16.5. The first-order chi connectivity index (χ1) is 11.7. The number of amides is 1.